The number of allylic oxidation sites excluding steroid dienone is 6. The maximum Gasteiger partial charge on any atom is 0.306 e. The molecule has 1 atom stereocenters. The molecule has 0 rings (SSSR count). The van der Waals surface area contributed by atoms with Crippen LogP contribution in [0.4, 0.5) is 0 Å². The number of hydrogen-bond acceptors (Lipinski definition) is 5. The second-order valence-electron chi connectivity index (χ2n) is 23.6. The summed E-state index contributed by atoms with van der Waals surface area (Å²) in [7, 11) is 0. The van der Waals surface area contributed by atoms with Gasteiger partial charge in [-0.25, -0.2) is 0 Å². The Hall–Kier alpha value is -1.88. The Bertz CT molecular complexity index is 1210. The van der Waals surface area contributed by atoms with Crippen LogP contribution in [0.3, 0.4) is 0 Å². The van der Waals surface area contributed by atoms with Crippen molar-refractivity contribution in [2.24, 2.45) is 0 Å². The summed E-state index contributed by atoms with van der Waals surface area (Å²) < 4.78 is 10.8. The number of rotatable bonds is 65. The fraction of sp³-hybridized carbons (Fsp3) is 0.887. The predicted molar refractivity (Wildman–Crippen MR) is 334 cm³/mol. The third-order valence-electron chi connectivity index (χ3n) is 15.9. The summed E-state index contributed by atoms with van der Waals surface area (Å²) >= 11 is 0. The van der Waals surface area contributed by atoms with Crippen molar-refractivity contribution in [2.45, 2.75) is 392 Å². The Morgan fingerprint density at radius 2 is 0.526 bits per heavy atom. The Labute approximate surface area is 476 Å². The first kappa shape index (κ1) is 74.1. The number of carbonyl (C=O) groups excluding carboxylic acids is 2. The smallest absolute Gasteiger partial charge is 0.306 e. The van der Waals surface area contributed by atoms with Gasteiger partial charge in [-0.05, 0) is 70.6 Å². The van der Waals surface area contributed by atoms with Crippen LogP contribution in [-0.4, -0.2) is 36.4 Å². The molecule has 0 aliphatic heterocycles. The molecule has 0 aromatic heterocycles. The SMILES string of the molecule is CCCCCCC/C=C\C/C=C\CCCCCCCCCCCCCCCCCCCCCCCCCCCC(=O)OC(CO)COC(=O)CCCCCCCCCCCCCCC/C=C\CCCCCCCCCC. The number of hydrogen-bond donors (Lipinski definition) is 1. The zero-order chi connectivity index (χ0) is 54.8. The highest BCUT2D eigenvalue weighted by Crippen LogP contribution is 2.19. The molecule has 1 N–H and O–H groups in total. The van der Waals surface area contributed by atoms with Crippen molar-refractivity contribution in [3.63, 3.8) is 0 Å². The molecule has 1 unspecified atom stereocenters. The van der Waals surface area contributed by atoms with Gasteiger partial charge in [-0.1, -0.05) is 339 Å². The summed E-state index contributed by atoms with van der Waals surface area (Å²) in [4.78, 5) is 24.6. The van der Waals surface area contributed by atoms with Gasteiger partial charge in [0.1, 0.15) is 6.61 Å². The first-order valence-corrected chi connectivity index (χ1v) is 34.5. The Morgan fingerprint density at radius 1 is 0.303 bits per heavy atom. The van der Waals surface area contributed by atoms with Crippen molar-refractivity contribution in [3.05, 3.63) is 36.5 Å². The van der Waals surface area contributed by atoms with Gasteiger partial charge < -0.3 is 14.6 Å². The minimum Gasteiger partial charge on any atom is -0.462 e. The lowest BCUT2D eigenvalue weighted by Gasteiger charge is -2.15. The molecule has 0 fully saturated rings. The first-order chi connectivity index (χ1) is 37.6. The summed E-state index contributed by atoms with van der Waals surface area (Å²) in [6, 6.07) is 0. The molecule has 0 saturated carbocycles. The Kier molecular flexibility index (Phi) is 65.7. The van der Waals surface area contributed by atoms with Crippen LogP contribution in [0.15, 0.2) is 36.5 Å². The quantitative estimate of drug-likeness (QED) is 0.0373. The average molecular weight is 1070 g/mol. The summed E-state index contributed by atoms with van der Waals surface area (Å²) in [5, 5.41) is 9.69. The molecule has 0 saturated heterocycles. The van der Waals surface area contributed by atoms with E-state index in [2.05, 4.69) is 50.3 Å². The number of aliphatic hydroxyl groups is 1. The number of carbonyl (C=O) groups is 2. The second kappa shape index (κ2) is 67.4. The summed E-state index contributed by atoms with van der Waals surface area (Å²) in [6.07, 6.45) is 89.0. The van der Waals surface area contributed by atoms with E-state index in [-0.39, 0.29) is 25.2 Å². The average Bonchev–Trinajstić information content (AvgIpc) is 3.42. The molecule has 0 radical (unpaired) electrons. The second-order valence-corrected chi connectivity index (χ2v) is 23.6. The highest BCUT2D eigenvalue weighted by molar-refractivity contribution is 5.70. The summed E-state index contributed by atoms with van der Waals surface area (Å²) in [5.41, 5.74) is 0. The molecule has 76 heavy (non-hydrogen) atoms. The van der Waals surface area contributed by atoms with E-state index in [1.165, 1.54) is 315 Å². The van der Waals surface area contributed by atoms with Gasteiger partial charge in [-0.2, -0.15) is 0 Å². The predicted octanol–water partition coefficient (Wildman–Crippen LogP) is 23.8. The van der Waals surface area contributed by atoms with E-state index in [9.17, 15) is 14.7 Å². The highest BCUT2D eigenvalue weighted by Gasteiger charge is 2.16. The Morgan fingerprint density at radius 3 is 0.789 bits per heavy atom. The normalized spacial score (nSPS) is 12.3. The third kappa shape index (κ3) is 64.6. The van der Waals surface area contributed by atoms with E-state index in [1.54, 1.807) is 0 Å². The minimum absolute atomic E-state index is 0.0597. The van der Waals surface area contributed by atoms with E-state index >= 15 is 0 Å². The monoisotopic (exact) mass is 1070 g/mol. The molecule has 0 spiro atoms. The van der Waals surface area contributed by atoms with Crippen LogP contribution >= 0.6 is 0 Å². The maximum atomic E-state index is 12.4. The molecule has 448 valence electrons. The van der Waals surface area contributed by atoms with E-state index < -0.39 is 6.10 Å². The highest BCUT2D eigenvalue weighted by atomic mass is 16.6. The van der Waals surface area contributed by atoms with Crippen molar-refractivity contribution in [1.82, 2.24) is 0 Å². The van der Waals surface area contributed by atoms with Gasteiger partial charge in [0.25, 0.3) is 0 Å². The number of esters is 2. The lowest BCUT2D eigenvalue weighted by molar-refractivity contribution is -0.161. The Balaban J connectivity index is 3.38. The van der Waals surface area contributed by atoms with Gasteiger partial charge in [0.2, 0.25) is 0 Å². The third-order valence-corrected chi connectivity index (χ3v) is 15.9. The minimum atomic E-state index is -0.770. The van der Waals surface area contributed by atoms with Crippen LogP contribution in [0, 0.1) is 0 Å². The lowest BCUT2D eigenvalue weighted by atomic mass is 10.0. The number of ether oxygens (including phenoxy) is 2. The van der Waals surface area contributed by atoms with Crippen LogP contribution in [0.2, 0.25) is 0 Å². The molecular formula is C71H134O5. The molecule has 0 aromatic carbocycles. The van der Waals surface area contributed by atoms with E-state index in [1.807, 2.05) is 0 Å². The van der Waals surface area contributed by atoms with Crippen molar-refractivity contribution in [2.75, 3.05) is 13.2 Å². The zero-order valence-electron chi connectivity index (χ0n) is 51.5. The molecule has 0 aromatic rings. The molecule has 0 amide bonds. The van der Waals surface area contributed by atoms with Gasteiger partial charge in [-0.3, -0.25) is 9.59 Å². The van der Waals surface area contributed by atoms with Crippen molar-refractivity contribution >= 4 is 11.9 Å². The van der Waals surface area contributed by atoms with E-state index in [4.69, 9.17) is 9.47 Å². The molecule has 0 heterocycles. The summed E-state index contributed by atoms with van der Waals surface area (Å²) in [5.74, 6) is -0.567. The molecule has 0 bridgehead atoms. The fourth-order valence-electron chi connectivity index (χ4n) is 10.7. The van der Waals surface area contributed by atoms with Crippen molar-refractivity contribution in [3.8, 4) is 0 Å². The first-order valence-electron chi connectivity index (χ1n) is 34.5. The molecule has 0 aliphatic rings. The maximum absolute atomic E-state index is 12.4. The molecule has 5 nitrogen and oxygen atoms in total. The van der Waals surface area contributed by atoms with Crippen LogP contribution in [-0.2, 0) is 19.1 Å². The summed E-state index contributed by atoms with van der Waals surface area (Å²) in [6.45, 7) is 4.19. The molecule has 5 heteroatoms. The topological polar surface area (TPSA) is 72.8 Å². The van der Waals surface area contributed by atoms with Crippen LogP contribution in [0.25, 0.3) is 0 Å². The van der Waals surface area contributed by atoms with Crippen molar-refractivity contribution in [1.29, 1.82) is 0 Å². The molecular weight excluding hydrogens is 933 g/mol. The van der Waals surface area contributed by atoms with Crippen molar-refractivity contribution < 1.29 is 24.2 Å². The fourth-order valence-corrected chi connectivity index (χ4v) is 10.7. The standard InChI is InChI=1S/C71H134O5/c1-3-5-7-9-11-13-15-17-19-21-23-25-27-29-30-31-32-33-34-35-36-37-38-39-40-42-44-46-48-50-52-54-56-58-60-62-64-66-71(74)76-69(67-72)68-75-70(73)65-63-61-59-57-55-53-51-49-47-45-43-41-28-26-24-22-20-18-16-14-12-10-8-6-4-2/h15,17,21-24,69,72H,3-14,16,18-20,25-68H2,1-2H3/b17-15-,23-21-,24-22-. The van der Waals surface area contributed by atoms with Crippen LogP contribution in [0.1, 0.15) is 386 Å². The van der Waals surface area contributed by atoms with Gasteiger partial charge in [0.05, 0.1) is 6.61 Å². The van der Waals surface area contributed by atoms with Gasteiger partial charge in [0, 0.05) is 12.8 Å². The number of aliphatic hydroxyl groups excluding tert-OH is 1. The van der Waals surface area contributed by atoms with E-state index in [0.29, 0.717) is 12.8 Å². The molecule has 0 aliphatic carbocycles. The number of unbranched alkanes of at least 4 members (excludes halogenated alkanes) is 51. The zero-order valence-corrected chi connectivity index (χ0v) is 51.5. The van der Waals surface area contributed by atoms with Crippen LogP contribution in [0.5, 0.6) is 0 Å². The largest absolute Gasteiger partial charge is 0.462 e. The van der Waals surface area contributed by atoms with Gasteiger partial charge in [-0.15, -0.1) is 0 Å². The lowest BCUT2D eigenvalue weighted by Crippen LogP contribution is -2.28. The van der Waals surface area contributed by atoms with Gasteiger partial charge >= 0.3 is 11.9 Å². The van der Waals surface area contributed by atoms with Crippen LogP contribution < -0.4 is 0 Å². The van der Waals surface area contributed by atoms with E-state index in [0.717, 1.165) is 44.9 Å². The van der Waals surface area contributed by atoms with Gasteiger partial charge in [0.15, 0.2) is 6.10 Å².